The monoisotopic (exact) mass is 1160 g/mol. The molecule has 3 aromatic rings. The number of rotatable bonds is 6. The summed E-state index contributed by atoms with van der Waals surface area (Å²) in [6, 6.07) is 9.96. The molecule has 5 aliphatic rings. The van der Waals surface area contributed by atoms with Crippen LogP contribution in [-0.4, -0.2) is 159 Å². The van der Waals surface area contributed by atoms with Gasteiger partial charge in [-0.15, -0.1) is 0 Å². The van der Waals surface area contributed by atoms with Gasteiger partial charge in [0.1, 0.15) is 40.8 Å². The maximum atomic E-state index is 14.3. The van der Waals surface area contributed by atoms with Gasteiger partial charge >= 0.3 is 24.2 Å². The molecule has 0 aliphatic carbocycles. The van der Waals surface area contributed by atoms with E-state index < -0.39 is 92.8 Å². The van der Waals surface area contributed by atoms with Gasteiger partial charge in [0.15, 0.2) is 11.4 Å². The van der Waals surface area contributed by atoms with Gasteiger partial charge in [-0.2, -0.15) is 5.10 Å². The molecule has 3 radical (unpaired) electrons. The molecule has 0 bridgehead atoms. The van der Waals surface area contributed by atoms with Gasteiger partial charge in [0.2, 0.25) is 5.43 Å². The number of aldehydes is 1. The lowest BCUT2D eigenvalue weighted by atomic mass is 9.80. The number of aromatic hydroxyl groups is 1. The Morgan fingerprint density at radius 3 is 1.66 bits per heavy atom. The predicted octanol–water partition coefficient (Wildman–Crippen LogP) is 10.4. The summed E-state index contributed by atoms with van der Waals surface area (Å²) in [6.07, 6.45) is 6.34. The number of likely N-dealkylation sites (tertiary alicyclic amines) is 3. The SMILES string of the molecule is CC(C)(C)OC(=O)N1[C@@H](C(=O)O)CCC1(C)C.CC(C)(C)OC(=O)N1[C@@H](C=O)CCC1(C)C.CC(C)(C)OC(=O)N1[C@@H](CO)CCC1(C)C.CC1(C)CC[C@@H]2[C@H]([C@H](c3ccc(F)cc3)c3cccc(F)c3)n3ncc(=O)c(O)c3C(=O)N21.[B]. The van der Waals surface area contributed by atoms with E-state index in [9.17, 15) is 52.6 Å². The Kier molecular flexibility index (Phi) is 21.4. The topological polar surface area (TPSA) is 239 Å². The quantitative estimate of drug-likeness (QED) is 0.118. The number of ether oxygens (including phenoxy) is 3. The highest BCUT2D eigenvalue weighted by atomic mass is 19.1. The summed E-state index contributed by atoms with van der Waals surface area (Å²) in [5.74, 6) is -3.44. The van der Waals surface area contributed by atoms with E-state index in [0.717, 1.165) is 38.2 Å². The summed E-state index contributed by atoms with van der Waals surface area (Å²) < 4.78 is 45.4. The molecule has 83 heavy (non-hydrogen) atoms. The van der Waals surface area contributed by atoms with E-state index in [4.69, 9.17) is 19.3 Å². The third-order valence-electron chi connectivity index (χ3n) is 15.5. The van der Waals surface area contributed by atoms with Crippen LogP contribution in [0, 0.1) is 11.6 Å². The zero-order valence-electron chi connectivity index (χ0n) is 51.5. The zero-order chi connectivity index (χ0) is 62.0. The van der Waals surface area contributed by atoms with Crippen LogP contribution in [0.1, 0.15) is 203 Å². The normalized spacial score (nSPS) is 23.0. The molecule has 8 rings (SSSR count). The Labute approximate surface area is 489 Å². The predicted molar refractivity (Wildman–Crippen MR) is 309 cm³/mol. The van der Waals surface area contributed by atoms with E-state index in [-0.39, 0.29) is 56.0 Å². The Morgan fingerprint density at radius 1 is 0.675 bits per heavy atom. The third-order valence-corrected chi connectivity index (χ3v) is 15.5. The van der Waals surface area contributed by atoms with Gasteiger partial charge in [-0.3, -0.25) is 29.0 Å². The van der Waals surface area contributed by atoms with Gasteiger partial charge < -0.3 is 39.2 Å². The molecule has 19 nitrogen and oxygen atoms in total. The number of nitrogens with zero attached hydrogens (tertiary/aromatic N) is 6. The summed E-state index contributed by atoms with van der Waals surface area (Å²) in [5.41, 5.74) is -2.73. The number of fused-ring (bicyclic) bond motifs is 2. The molecular weight excluding hydrogens is 1070 g/mol. The Morgan fingerprint density at radius 2 is 1.16 bits per heavy atom. The molecule has 4 saturated heterocycles. The van der Waals surface area contributed by atoms with Crippen LogP contribution in [-0.2, 0) is 23.8 Å². The molecule has 2 aromatic carbocycles. The van der Waals surface area contributed by atoms with Crippen molar-refractivity contribution in [1.29, 1.82) is 0 Å². The second-order valence-electron chi connectivity index (χ2n) is 27.3. The standard InChI is InChI=1S/C25H23F2N3O3.C12H21NO4.C12H23NO3.C12H21NO3.B/c1-25(2)11-10-18-21(30-22(24(33)29(18)25)23(32)19(31)13-28-30)20(14-6-8-16(26)9-7-14)15-4-3-5-17(27)12-15;1-11(2,3)17-10(16)13-8(9(14)15)6-7-12(13,4)5;2*1-11(2,3)16-10(15)13-9(8-14)6-7-12(13,4)5;/h3-9,12-13,18,20-21,32H,10-11H2,1-2H3;8H,6-7H2,1-5H3,(H,14,15);9,14H,6-8H2,1-5H3;8-9H,6-7H2,1-5H3;/t18-,20-,21-;8-;2*9-;/m1111./s1. The second-order valence-corrected chi connectivity index (χ2v) is 27.3. The summed E-state index contributed by atoms with van der Waals surface area (Å²) in [4.78, 5) is 90.1. The first kappa shape index (κ1) is 68.9. The van der Waals surface area contributed by atoms with Crippen molar-refractivity contribution >= 4 is 44.9 Å². The minimum atomic E-state index is -0.971. The Balaban J connectivity index is 0.000000254. The van der Waals surface area contributed by atoms with Gasteiger partial charge in [-0.05, 0) is 204 Å². The fourth-order valence-corrected chi connectivity index (χ4v) is 11.7. The number of carbonyl (C=O) groups excluding carboxylic acids is 5. The van der Waals surface area contributed by atoms with Gasteiger partial charge in [-0.25, -0.2) is 28.0 Å². The molecule has 6 atom stereocenters. The molecule has 22 heteroatoms. The molecule has 0 spiro atoms. The van der Waals surface area contributed by atoms with Gasteiger partial charge in [-0.1, -0.05) is 24.3 Å². The van der Waals surface area contributed by atoms with E-state index in [0.29, 0.717) is 36.8 Å². The average Bonchev–Trinajstić information content (AvgIpc) is 4.05. The number of amides is 4. The number of aliphatic carboxylic acids is 1. The van der Waals surface area contributed by atoms with Crippen LogP contribution in [0.3, 0.4) is 0 Å². The number of hydrogen-bond donors (Lipinski definition) is 3. The summed E-state index contributed by atoms with van der Waals surface area (Å²) in [7, 11) is 0. The van der Waals surface area contributed by atoms with Crippen LogP contribution in [0.25, 0.3) is 0 Å². The lowest BCUT2D eigenvalue weighted by molar-refractivity contribution is -0.143. The van der Waals surface area contributed by atoms with E-state index in [1.807, 2.05) is 96.9 Å². The van der Waals surface area contributed by atoms with E-state index in [2.05, 4.69) is 5.10 Å². The Hall–Kier alpha value is -6.58. The first-order chi connectivity index (χ1) is 37.6. The molecule has 0 unspecified atom stereocenters. The summed E-state index contributed by atoms with van der Waals surface area (Å²) >= 11 is 0. The lowest BCUT2D eigenvalue weighted by Crippen LogP contribution is -2.56. The van der Waals surface area contributed by atoms with Crippen LogP contribution >= 0.6 is 0 Å². The largest absolute Gasteiger partial charge is 0.502 e. The maximum Gasteiger partial charge on any atom is 0.411 e. The molecule has 4 fully saturated rings. The first-order valence-corrected chi connectivity index (χ1v) is 28.1. The molecule has 0 saturated carbocycles. The van der Waals surface area contributed by atoms with E-state index >= 15 is 0 Å². The number of carbonyl (C=O) groups is 6. The van der Waals surface area contributed by atoms with Gasteiger partial charge in [0.05, 0.1) is 37.0 Å². The van der Waals surface area contributed by atoms with Crippen LogP contribution < -0.4 is 5.43 Å². The highest BCUT2D eigenvalue weighted by Gasteiger charge is 2.55. The number of benzene rings is 2. The number of aromatic nitrogens is 2. The fraction of sp³-hybridized carbons (Fsp3) is 0.639. The van der Waals surface area contributed by atoms with Crippen LogP contribution in [0.5, 0.6) is 5.75 Å². The highest BCUT2D eigenvalue weighted by molar-refractivity contribution is 5.97. The number of halogens is 2. The number of aliphatic hydroxyl groups excluding tert-OH is 1. The molecule has 3 N–H and O–H groups in total. The minimum Gasteiger partial charge on any atom is -0.502 e. The second kappa shape index (κ2) is 25.7. The molecule has 1 aromatic heterocycles. The number of carboxylic acid groups (broad SMARTS) is 1. The van der Waals surface area contributed by atoms with Crippen LogP contribution in [0.2, 0.25) is 0 Å². The van der Waals surface area contributed by atoms with Crippen molar-refractivity contribution < 1.29 is 67.1 Å². The summed E-state index contributed by atoms with van der Waals surface area (Å²) in [6.45, 7) is 31.9. The van der Waals surface area contributed by atoms with E-state index in [1.54, 1.807) is 59.7 Å². The first-order valence-electron chi connectivity index (χ1n) is 28.1. The fourth-order valence-electron chi connectivity index (χ4n) is 11.7. The smallest absolute Gasteiger partial charge is 0.411 e. The molecular formula is C61H88BF2N6O13. The molecule has 5 aliphatic heterocycles. The van der Waals surface area contributed by atoms with Gasteiger partial charge in [0, 0.05) is 36.5 Å². The molecule has 457 valence electrons. The Bertz CT molecular complexity index is 2880. The average molecular weight is 1160 g/mol. The van der Waals surface area contributed by atoms with E-state index in [1.165, 1.54) is 33.8 Å². The maximum absolute atomic E-state index is 14.3. The molecule has 6 heterocycles. The van der Waals surface area contributed by atoms with Crippen LogP contribution in [0.4, 0.5) is 23.2 Å². The van der Waals surface area contributed by atoms with Crippen molar-refractivity contribution in [3.05, 3.63) is 93.4 Å². The van der Waals surface area contributed by atoms with Crippen molar-refractivity contribution in [2.24, 2.45) is 0 Å². The van der Waals surface area contributed by atoms with Crippen molar-refractivity contribution in [1.82, 2.24) is 29.4 Å². The van der Waals surface area contributed by atoms with Crippen molar-refractivity contribution in [3.63, 3.8) is 0 Å². The zero-order valence-corrected chi connectivity index (χ0v) is 51.5. The third kappa shape index (κ3) is 16.4. The van der Waals surface area contributed by atoms with Crippen molar-refractivity contribution in [2.75, 3.05) is 6.61 Å². The number of hydrogen-bond acceptors (Lipinski definition) is 13. The minimum absolute atomic E-state index is 0. The van der Waals surface area contributed by atoms with Crippen molar-refractivity contribution in [3.8, 4) is 5.75 Å². The molecule has 4 amide bonds. The lowest BCUT2D eigenvalue weighted by Gasteiger charge is -2.46. The van der Waals surface area contributed by atoms with Gasteiger partial charge in [0.25, 0.3) is 5.91 Å². The summed E-state index contributed by atoms with van der Waals surface area (Å²) in [5, 5.41) is 33.2. The number of aliphatic hydroxyl groups is 1. The van der Waals surface area contributed by atoms with Crippen molar-refractivity contribution in [2.45, 2.75) is 244 Å². The van der Waals surface area contributed by atoms with Crippen LogP contribution in [0.15, 0.2) is 59.5 Å². The highest BCUT2D eigenvalue weighted by Crippen LogP contribution is 2.50. The number of carboxylic acids is 1.